The van der Waals surface area contributed by atoms with Crippen LogP contribution in [0.3, 0.4) is 0 Å². The Morgan fingerprint density at radius 3 is 2.92 bits per heavy atom. The number of halogens is 1. The van der Waals surface area contributed by atoms with E-state index in [1.54, 1.807) is 11.0 Å². The quantitative estimate of drug-likeness (QED) is 0.588. The van der Waals surface area contributed by atoms with Crippen molar-refractivity contribution in [2.75, 3.05) is 11.7 Å². The molecule has 26 heavy (non-hydrogen) atoms. The number of thiocarbonyl (C=S) groups is 1. The number of benzene rings is 2. The maximum atomic E-state index is 12.9. The van der Waals surface area contributed by atoms with Gasteiger partial charge in [-0.1, -0.05) is 25.1 Å². The van der Waals surface area contributed by atoms with E-state index in [-0.39, 0.29) is 12.7 Å². The summed E-state index contributed by atoms with van der Waals surface area (Å²) < 4.78 is 11.6. The van der Waals surface area contributed by atoms with E-state index in [2.05, 4.69) is 28.2 Å². The number of rotatable bonds is 3. The zero-order valence-corrected chi connectivity index (χ0v) is 16.3. The molecular weight excluding hydrogens is 416 g/mol. The van der Waals surface area contributed by atoms with Crippen LogP contribution in [0.25, 0.3) is 6.08 Å². The molecule has 0 unspecified atom stereocenters. The van der Waals surface area contributed by atoms with Crippen molar-refractivity contribution in [3.8, 4) is 11.5 Å². The molecule has 4 rings (SSSR count). The minimum absolute atomic E-state index is 0.176. The van der Waals surface area contributed by atoms with E-state index < -0.39 is 0 Å². The lowest BCUT2D eigenvalue weighted by molar-refractivity contribution is -0.113. The van der Waals surface area contributed by atoms with Gasteiger partial charge in [-0.2, -0.15) is 0 Å². The first-order valence-corrected chi connectivity index (χ1v) is 9.32. The van der Waals surface area contributed by atoms with Gasteiger partial charge < -0.3 is 14.8 Å². The molecule has 2 aliphatic rings. The van der Waals surface area contributed by atoms with Gasteiger partial charge in [0.05, 0.1) is 10.2 Å². The molecule has 2 aliphatic heterocycles. The summed E-state index contributed by atoms with van der Waals surface area (Å²) in [6.07, 6.45) is 2.58. The van der Waals surface area contributed by atoms with Gasteiger partial charge >= 0.3 is 0 Å². The van der Waals surface area contributed by atoms with Gasteiger partial charge in [-0.25, -0.2) is 0 Å². The van der Waals surface area contributed by atoms with Crippen LogP contribution in [0.2, 0.25) is 0 Å². The Morgan fingerprint density at radius 2 is 2.12 bits per heavy atom. The van der Waals surface area contributed by atoms with E-state index in [9.17, 15) is 4.79 Å². The van der Waals surface area contributed by atoms with Gasteiger partial charge in [0.25, 0.3) is 5.91 Å². The minimum atomic E-state index is -0.176. The molecule has 7 heteroatoms. The Hall–Kier alpha value is -2.38. The number of nitrogens with one attached hydrogen (secondary N) is 1. The van der Waals surface area contributed by atoms with Crippen molar-refractivity contribution >= 4 is 50.9 Å². The number of hydrogen-bond donors (Lipinski definition) is 1. The molecule has 0 bridgehead atoms. The number of carbonyl (C=O) groups excluding carboxylic acids is 1. The maximum absolute atomic E-state index is 12.9. The van der Waals surface area contributed by atoms with Crippen LogP contribution in [0.15, 0.2) is 46.6 Å². The smallest absolute Gasteiger partial charge is 0.281 e. The number of aryl methyl sites for hydroxylation is 1. The molecule has 2 heterocycles. The topological polar surface area (TPSA) is 50.8 Å². The van der Waals surface area contributed by atoms with Crippen LogP contribution in [-0.4, -0.2) is 17.8 Å². The zero-order chi connectivity index (χ0) is 18.3. The molecule has 0 radical (unpaired) electrons. The second kappa shape index (κ2) is 6.74. The van der Waals surface area contributed by atoms with Crippen LogP contribution in [0.1, 0.15) is 18.1 Å². The van der Waals surface area contributed by atoms with Crippen LogP contribution >= 0.6 is 28.1 Å². The molecule has 1 amide bonds. The first-order chi connectivity index (χ1) is 12.6. The van der Waals surface area contributed by atoms with Gasteiger partial charge in [0.1, 0.15) is 5.70 Å². The normalized spacial score (nSPS) is 17.2. The number of para-hydroxylation sites is 1. The average Bonchev–Trinajstić information content (AvgIpc) is 3.20. The number of hydrogen-bond acceptors (Lipinski definition) is 4. The second-order valence-corrected chi connectivity index (χ2v) is 7.09. The van der Waals surface area contributed by atoms with Gasteiger partial charge in [-0.3, -0.25) is 9.69 Å². The van der Waals surface area contributed by atoms with E-state index in [4.69, 9.17) is 21.7 Å². The monoisotopic (exact) mass is 430 g/mol. The first-order valence-electron chi connectivity index (χ1n) is 8.12. The number of carbonyl (C=O) groups is 1. The number of anilines is 1. The fourth-order valence-corrected chi connectivity index (χ4v) is 3.88. The molecule has 0 atom stereocenters. The first kappa shape index (κ1) is 17.1. The Labute approximate surface area is 164 Å². The minimum Gasteiger partial charge on any atom is -0.454 e. The van der Waals surface area contributed by atoms with Gasteiger partial charge in [0.2, 0.25) is 6.79 Å². The molecule has 5 nitrogen and oxygen atoms in total. The van der Waals surface area contributed by atoms with Crippen molar-refractivity contribution in [3.63, 3.8) is 0 Å². The standard InChI is InChI=1S/C19H15BrN2O3S/c1-2-12-5-3-4-6-15(12)22-18(23)14(21-19(22)26)8-11-7-13(20)17-16(9-11)24-10-25-17/h3-9H,2,10H2,1H3,(H,21,26)/b14-8+. The van der Waals surface area contributed by atoms with Gasteiger partial charge in [0, 0.05) is 0 Å². The highest BCUT2D eigenvalue weighted by molar-refractivity contribution is 9.10. The molecule has 0 aromatic heterocycles. The summed E-state index contributed by atoms with van der Waals surface area (Å²) in [5.41, 5.74) is 3.11. The van der Waals surface area contributed by atoms with Crippen molar-refractivity contribution in [2.24, 2.45) is 0 Å². The second-order valence-electron chi connectivity index (χ2n) is 5.85. The largest absolute Gasteiger partial charge is 0.454 e. The summed E-state index contributed by atoms with van der Waals surface area (Å²) in [7, 11) is 0. The lowest BCUT2D eigenvalue weighted by Crippen LogP contribution is -2.31. The van der Waals surface area contributed by atoms with E-state index >= 15 is 0 Å². The third kappa shape index (κ3) is 2.87. The van der Waals surface area contributed by atoms with Crippen molar-refractivity contribution in [3.05, 3.63) is 57.7 Å². The van der Waals surface area contributed by atoms with Crippen molar-refractivity contribution in [1.82, 2.24) is 5.32 Å². The molecule has 1 N–H and O–H groups in total. The number of amides is 1. The summed E-state index contributed by atoms with van der Waals surface area (Å²) in [4.78, 5) is 14.5. The molecular formula is C19H15BrN2O3S. The molecule has 0 saturated carbocycles. The SMILES string of the molecule is CCc1ccccc1N1C(=O)/C(=C\c2cc(Br)c3c(c2)OCO3)NC1=S. The van der Waals surface area contributed by atoms with Crippen LogP contribution in [-0.2, 0) is 11.2 Å². The number of nitrogens with zero attached hydrogens (tertiary/aromatic N) is 1. The van der Waals surface area contributed by atoms with Crippen LogP contribution in [0.5, 0.6) is 11.5 Å². The van der Waals surface area contributed by atoms with E-state index in [1.165, 1.54) is 0 Å². The molecule has 0 spiro atoms. The van der Waals surface area contributed by atoms with Gasteiger partial charge in [-0.05, 0) is 70.0 Å². The number of ether oxygens (including phenoxy) is 2. The third-order valence-corrected chi connectivity index (χ3v) is 5.13. The molecule has 1 saturated heterocycles. The van der Waals surface area contributed by atoms with E-state index in [0.717, 1.165) is 27.7 Å². The van der Waals surface area contributed by atoms with Crippen LogP contribution in [0.4, 0.5) is 5.69 Å². The summed E-state index contributed by atoms with van der Waals surface area (Å²) in [6.45, 7) is 2.24. The highest BCUT2D eigenvalue weighted by Crippen LogP contribution is 2.40. The lowest BCUT2D eigenvalue weighted by Gasteiger charge is -2.17. The predicted octanol–water partition coefficient (Wildman–Crippen LogP) is 4.00. The van der Waals surface area contributed by atoms with Crippen molar-refractivity contribution in [2.45, 2.75) is 13.3 Å². The number of fused-ring (bicyclic) bond motifs is 1. The van der Waals surface area contributed by atoms with E-state index in [1.807, 2.05) is 36.4 Å². The summed E-state index contributed by atoms with van der Waals surface area (Å²) in [5, 5.41) is 3.40. The third-order valence-electron chi connectivity index (χ3n) is 4.25. The molecule has 132 valence electrons. The van der Waals surface area contributed by atoms with Gasteiger partial charge in [0.15, 0.2) is 16.6 Å². The fraction of sp³-hybridized carbons (Fsp3) is 0.158. The summed E-state index contributed by atoms with van der Waals surface area (Å²) in [6, 6.07) is 11.5. The Bertz CT molecular complexity index is 958. The molecule has 2 aromatic carbocycles. The molecule has 1 fully saturated rings. The highest BCUT2D eigenvalue weighted by atomic mass is 79.9. The Kier molecular flexibility index (Phi) is 4.42. The summed E-state index contributed by atoms with van der Waals surface area (Å²) in [5.74, 6) is 1.14. The summed E-state index contributed by atoms with van der Waals surface area (Å²) >= 11 is 8.87. The Morgan fingerprint density at radius 1 is 1.31 bits per heavy atom. The van der Waals surface area contributed by atoms with Crippen molar-refractivity contribution < 1.29 is 14.3 Å². The zero-order valence-electron chi connectivity index (χ0n) is 13.9. The van der Waals surface area contributed by atoms with Gasteiger partial charge in [-0.15, -0.1) is 0 Å². The van der Waals surface area contributed by atoms with E-state index in [0.29, 0.717) is 22.3 Å². The molecule has 2 aromatic rings. The fourth-order valence-electron chi connectivity index (χ4n) is 3.02. The highest BCUT2D eigenvalue weighted by Gasteiger charge is 2.33. The van der Waals surface area contributed by atoms with Crippen LogP contribution < -0.4 is 19.7 Å². The molecule has 0 aliphatic carbocycles. The average molecular weight is 431 g/mol. The Balaban J connectivity index is 1.70. The van der Waals surface area contributed by atoms with Crippen LogP contribution in [0, 0.1) is 0 Å². The predicted molar refractivity (Wildman–Crippen MR) is 107 cm³/mol. The maximum Gasteiger partial charge on any atom is 0.281 e. The lowest BCUT2D eigenvalue weighted by atomic mass is 10.1. The van der Waals surface area contributed by atoms with Crippen molar-refractivity contribution in [1.29, 1.82) is 0 Å².